The van der Waals surface area contributed by atoms with E-state index >= 15 is 0 Å². The number of benzene rings is 1. The minimum atomic E-state index is -0.0565. The number of nitrogens with two attached hydrogens (primary N) is 1. The average molecular weight is 215 g/mol. The van der Waals surface area contributed by atoms with Crippen LogP contribution < -0.4 is 10.6 Å². The van der Waals surface area contributed by atoms with Crippen molar-refractivity contribution in [2.24, 2.45) is 5.73 Å². The summed E-state index contributed by atoms with van der Waals surface area (Å²) in [6, 6.07) is 7.67. The van der Waals surface area contributed by atoms with E-state index < -0.39 is 0 Å². The number of H-pyrrole nitrogens is 1. The van der Waals surface area contributed by atoms with Crippen LogP contribution in [0.4, 0.5) is 5.95 Å². The molecule has 5 heteroatoms. The van der Waals surface area contributed by atoms with Crippen molar-refractivity contribution in [3.63, 3.8) is 0 Å². The molecule has 0 atom stereocenters. The highest BCUT2D eigenvalue weighted by Gasteiger charge is 2.11. The summed E-state index contributed by atoms with van der Waals surface area (Å²) in [5, 5.41) is 7.46. The number of imidazole rings is 1. The lowest BCUT2D eigenvalue weighted by atomic mass is 10.3. The van der Waals surface area contributed by atoms with Gasteiger partial charge in [-0.15, -0.1) is 6.58 Å². The minimum Gasteiger partial charge on any atom is -0.370 e. The number of hydrogen-bond donors (Lipinski definition) is 3. The maximum atomic E-state index is 7.46. The van der Waals surface area contributed by atoms with Gasteiger partial charge in [-0.2, -0.15) is 0 Å². The fourth-order valence-corrected chi connectivity index (χ4v) is 1.50. The Balaban J connectivity index is 2.44. The maximum absolute atomic E-state index is 7.46. The van der Waals surface area contributed by atoms with Crippen LogP contribution in [0.25, 0.3) is 11.0 Å². The van der Waals surface area contributed by atoms with Crippen molar-refractivity contribution in [3.05, 3.63) is 36.9 Å². The second-order valence-electron chi connectivity index (χ2n) is 3.36. The molecule has 16 heavy (non-hydrogen) atoms. The molecule has 0 aliphatic rings. The van der Waals surface area contributed by atoms with E-state index in [0.29, 0.717) is 12.5 Å². The fraction of sp³-hybridized carbons (Fsp3) is 0.0909. The number of rotatable bonds is 3. The summed E-state index contributed by atoms with van der Waals surface area (Å²) in [4.78, 5) is 9.01. The summed E-state index contributed by atoms with van der Waals surface area (Å²) in [6.45, 7) is 4.08. The average Bonchev–Trinajstić information content (AvgIpc) is 2.68. The van der Waals surface area contributed by atoms with Crippen molar-refractivity contribution >= 4 is 22.9 Å². The van der Waals surface area contributed by atoms with Crippen molar-refractivity contribution in [1.82, 2.24) is 9.97 Å². The van der Waals surface area contributed by atoms with Gasteiger partial charge < -0.3 is 10.7 Å². The number of nitrogens with one attached hydrogen (secondary N) is 2. The zero-order valence-electron chi connectivity index (χ0n) is 8.77. The molecule has 5 nitrogen and oxygen atoms in total. The molecule has 0 saturated carbocycles. The molecule has 1 aromatic heterocycles. The monoisotopic (exact) mass is 215 g/mol. The second kappa shape index (κ2) is 4.06. The van der Waals surface area contributed by atoms with E-state index in [0.717, 1.165) is 11.0 Å². The summed E-state index contributed by atoms with van der Waals surface area (Å²) >= 11 is 0. The molecule has 0 radical (unpaired) electrons. The summed E-state index contributed by atoms with van der Waals surface area (Å²) in [5.41, 5.74) is 7.26. The quantitative estimate of drug-likeness (QED) is 0.411. The van der Waals surface area contributed by atoms with Gasteiger partial charge in [-0.1, -0.05) is 18.2 Å². The number of para-hydroxylation sites is 2. The van der Waals surface area contributed by atoms with Crippen LogP contribution in [0, 0.1) is 5.41 Å². The predicted molar refractivity (Wildman–Crippen MR) is 65.6 cm³/mol. The van der Waals surface area contributed by atoms with Gasteiger partial charge >= 0.3 is 0 Å². The normalized spacial score (nSPS) is 10.2. The SMILES string of the molecule is C=CCN(C(=N)N)c1nc2ccccc2[nH]1. The molecular formula is C11H13N5. The van der Waals surface area contributed by atoms with E-state index in [9.17, 15) is 0 Å². The fourth-order valence-electron chi connectivity index (χ4n) is 1.50. The third kappa shape index (κ3) is 1.75. The number of hydrogen-bond acceptors (Lipinski definition) is 2. The van der Waals surface area contributed by atoms with Crippen LogP contribution in [0.5, 0.6) is 0 Å². The molecule has 4 N–H and O–H groups in total. The number of guanidine groups is 1. The Labute approximate surface area is 93.1 Å². The second-order valence-corrected chi connectivity index (χ2v) is 3.36. The van der Waals surface area contributed by atoms with Gasteiger partial charge in [-0.3, -0.25) is 10.3 Å². The van der Waals surface area contributed by atoms with E-state index in [1.165, 1.54) is 0 Å². The van der Waals surface area contributed by atoms with Gasteiger partial charge in [-0.05, 0) is 12.1 Å². The predicted octanol–water partition coefficient (Wildman–Crippen LogP) is 1.45. The van der Waals surface area contributed by atoms with Gasteiger partial charge in [0.25, 0.3) is 0 Å². The molecule has 2 aromatic rings. The zero-order valence-corrected chi connectivity index (χ0v) is 8.77. The van der Waals surface area contributed by atoms with Gasteiger partial charge in [-0.25, -0.2) is 4.98 Å². The van der Waals surface area contributed by atoms with Crippen molar-refractivity contribution in [1.29, 1.82) is 5.41 Å². The van der Waals surface area contributed by atoms with Crippen molar-refractivity contribution in [3.8, 4) is 0 Å². The molecular weight excluding hydrogens is 202 g/mol. The first kappa shape index (κ1) is 10.2. The van der Waals surface area contributed by atoms with E-state index in [2.05, 4.69) is 16.5 Å². The van der Waals surface area contributed by atoms with E-state index in [1.807, 2.05) is 24.3 Å². The molecule has 0 bridgehead atoms. The first-order chi connectivity index (χ1) is 7.72. The first-order valence-electron chi connectivity index (χ1n) is 4.89. The highest BCUT2D eigenvalue weighted by molar-refractivity contribution is 5.92. The summed E-state index contributed by atoms with van der Waals surface area (Å²) in [7, 11) is 0. The van der Waals surface area contributed by atoms with E-state index in [1.54, 1.807) is 11.0 Å². The number of nitrogens with zero attached hydrogens (tertiary/aromatic N) is 2. The minimum absolute atomic E-state index is 0.0565. The summed E-state index contributed by atoms with van der Waals surface area (Å²) in [6.07, 6.45) is 1.68. The summed E-state index contributed by atoms with van der Waals surface area (Å²) in [5.74, 6) is 0.507. The highest BCUT2D eigenvalue weighted by Crippen LogP contribution is 2.16. The molecule has 1 aromatic carbocycles. The Morgan fingerprint density at radius 1 is 1.56 bits per heavy atom. The molecule has 0 aliphatic heterocycles. The van der Waals surface area contributed by atoms with Crippen LogP contribution >= 0.6 is 0 Å². The topological polar surface area (TPSA) is 81.8 Å². The number of aromatic amines is 1. The lowest BCUT2D eigenvalue weighted by molar-refractivity contribution is 1.04. The maximum Gasteiger partial charge on any atom is 0.211 e. The Kier molecular flexibility index (Phi) is 2.59. The number of fused-ring (bicyclic) bond motifs is 1. The van der Waals surface area contributed by atoms with Gasteiger partial charge in [0.15, 0.2) is 5.96 Å². The van der Waals surface area contributed by atoms with E-state index in [4.69, 9.17) is 11.1 Å². The molecule has 0 spiro atoms. The Bertz CT molecular complexity index is 495. The largest absolute Gasteiger partial charge is 0.370 e. The molecule has 0 unspecified atom stereocenters. The lowest BCUT2D eigenvalue weighted by Crippen LogP contribution is -2.37. The van der Waals surface area contributed by atoms with Crippen molar-refractivity contribution in [2.75, 3.05) is 11.4 Å². The molecule has 82 valence electrons. The van der Waals surface area contributed by atoms with Crippen LogP contribution in [0.3, 0.4) is 0 Å². The van der Waals surface area contributed by atoms with E-state index in [-0.39, 0.29) is 5.96 Å². The van der Waals surface area contributed by atoms with Crippen molar-refractivity contribution in [2.45, 2.75) is 0 Å². The van der Waals surface area contributed by atoms with Crippen LogP contribution in [0.2, 0.25) is 0 Å². The zero-order chi connectivity index (χ0) is 11.5. The van der Waals surface area contributed by atoms with Gasteiger partial charge in [0.05, 0.1) is 11.0 Å². The van der Waals surface area contributed by atoms with Crippen LogP contribution in [-0.2, 0) is 0 Å². The van der Waals surface area contributed by atoms with Crippen molar-refractivity contribution < 1.29 is 0 Å². The van der Waals surface area contributed by atoms with Crippen LogP contribution in [0.1, 0.15) is 0 Å². The Hall–Kier alpha value is -2.30. The van der Waals surface area contributed by atoms with Crippen LogP contribution in [-0.4, -0.2) is 22.5 Å². The molecule has 0 fully saturated rings. The molecule has 2 rings (SSSR count). The molecule has 0 saturated heterocycles. The molecule has 0 amide bonds. The van der Waals surface area contributed by atoms with Gasteiger partial charge in [0.2, 0.25) is 5.95 Å². The third-order valence-electron chi connectivity index (χ3n) is 2.24. The standard InChI is InChI=1S/C11H13N5/c1-2-7-16(10(12)13)11-14-8-5-3-4-6-9(8)15-11/h2-6H,1,7H2,(H3,12,13)(H,14,15). The van der Waals surface area contributed by atoms with Crippen LogP contribution in [0.15, 0.2) is 36.9 Å². The third-order valence-corrected chi connectivity index (χ3v) is 2.24. The highest BCUT2D eigenvalue weighted by atomic mass is 15.3. The van der Waals surface area contributed by atoms with Gasteiger partial charge in [0, 0.05) is 6.54 Å². The summed E-state index contributed by atoms with van der Waals surface area (Å²) < 4.78 is 0. The smallest absolute Gasteiger partial charge is 0.211 e. The first-order valence-corrected chi connectivity index (χ1v) is 4.89. The number of aromatic nitrogens is 2. The Morgan fingerprint density at radius 3 is 2.94 bits per heavy atom. The Morgan fingerprint density at radius 2 is 2.31 bits per heavy atom. The van der Waals surface area contributed by atoms with Gasteiger partial charge in [0.1, 0.15) is 0 Å². The number of anilines is 1. The lowest BCUT2D eigenvalue weighted by Gasteiger charge is -2.16. The molecule has 0 aliphatic carbocycles. The molecule has 1 heterocycles.